The summed E-state index contributed by atoms with van der Waals surface area (Å²) in [6.45, 7) is 5.83. The molecule has 0 aliphatic heterocycles. The molecule has 1 aromatic carbocycles. The molecule has 112 valence electrons. The molecular formula is C15H23ClN2O2. The first-order valence-corrected chi connectivity index (χ1v) is 7.11. The van der Waals surface area contributed by atoms with Crippen molar-refractivity contribution < 1.29 is 9.53 Å². The summed E-state index contributed by atoms with van der Waals surface area (Å²) in [5, 5.41) is 0.503. The van der Waals surface area contributed by atoms with Crippen LogP contribution in [0.4, 0.5) is 0 Å². The number of ether oxygens (including phenoxy) is 1. The van der Waals surface area contributed by atoms with Crippen LogP contribution in [-0.4, -0.2) is 36.5 Å². The molecule has 0 fully saturated rings. The number of halogens is 1. The van der Waals surface area contributed by atoms with Gasteiger partial charge in [-0.15, -0.1) is 0 Å². The van der Waals surface area contributed by atoms with E-state index in [2.05, 4.69) is 0 Å². The molecule has 1 atom stereocenters. The molecule has 0 heterocycles. The van der Waals surface area contributed by atoms with Crippen LogP contribution in [0, 0.1) is 0 Å². The SMILES string of the molecule is CC(N)Cc1ccc(OCC(=O)N(C)C(C)C)c(Cl)c1. The Morgan fingerprint density at radius 2 is 2.05 bits per heavy atom. The minimum atomic E-state index is -0.0734. The van der Waals surface area contributed by atoms with Gasteiger partial charge in [-0.1, -0.05) is 17.7 Å². The zero-order valence-electron chi connectivity index (χ0n) is 12.5. The molecule has 1 rings (SSSR count). The van der Waals surface area contributed by atoms with Crippen molar-refractivity contribution in [3.05, 3.63) is 28.8 Å². The quantitative estimate of drug-likeness (QED) is 0.878. The van der Waals surface area contributed by atoms with Crippen LogP contribution in [0.5, 0.6) is 5.75 Å². The van der Waals surface area contributed by atoms with E-state index in [0.717, 1.165) is 12.0 Å². The van der Waals surface area contributed by atoms with E-state index in [1.54, 1.807) is 18.0 Å². The molecule has 0 aromatic heterocycles. The summed E-state index contributed by atoms with van der Waals surface area (Å²) in [6, 6.07) is 5.76. The molecule has 1 unspecified atom stereocenters. The second kappa shape index (κ2) is 7.50. The van der Waals surface area contributed by atoms with Crippen LogP contribution in [0.25, 0.3) is 0 Å². The lowest BCUT2D eigenvalue weighted by Gasteiger charge is -2.21. The van der Waals surface area contributed by atoms with Gasteiger partial charge in [-0.3, -0.25) is 4.79 Å². The molecule has 0 saturated heterocycles. The fraction of sp³-hybridized carbons (Fsp3) is 0.533. The molecule has 5 heteroatoms. The number of hydrogen-bond acceptors (Lipinski definition) is 3. The Balaban J connectivity index is 2.63. The van der Waals surface area contributed by atoms with Crippen molar-refractivity contribution >= 4 is 17.5 Å². The number of likely N-dealkylation sites (N-methyl/N-ethyl adjacent to an activating group) is 1. The first kappa shape index (κ1) is 16.8. The highest BCUT2D eigenvalue weighted by atomic mass is 35.5. The zero-order valence-corrected chi connectivity index (χ0v) is 13.3. The third-order valence-corrected chi connectivity index (χ3v) is 3.37. The van der Waals surface area contributed by atoms with Crippen molar-refractivity contribution in [1.29, 1.82) is 0 Å². The summed E-state index contributed by atoms with van der Waals surface area (Å²) in [4.78, 5) is 13.5. The Bertz CT molecular complexity index is 461. The number of nitrogens with zero attached hydrogens (tertiary/aromatic N) is 1. The van der Waals surface area contributed by atoms with Crippen LogP contribution in [0.15, 0.2) is 18.2 Å². The maximum Gasteiger partial charge on any atom is 0.260 e. The molecule has 0 radical (unpaired) electrons. The number of benzene rings is 1. The largest absolute Gasteiger partial charge is 0.482 e. The van der Waals surface area contributed by atoms with Crippen LogP contribution < -0.4 is 10.5 Å². The molecule has 0 bridgehead atoms. The Morgan fingerprint density at radius 1 is 1.40 bits per heavy atom. The second-order valence-corrected chi connectivity index (χ2v) is 5.74. The minimum absolute atomic E-state index is 0.0129. The van der Waals surface area contributed by atoms with Crippen molar-refractivity contribution in [3.8, 4) is 5.75 Å². The molecular weight excluding hydrogens is 276 g/mol. The fourth-order valence-electron chi connectivity index (χ4n) is 1.69. The van der Waals surface area contributed by atoms with Crippen molar-refractivity contribution in [1.82, 2.24) is 4.90 Å². The highest BCUT2D eigenvalue weighted by molar-refractivity contribution is 6.32. The van der Waals surface area contributed by atoms with Gasteiger partial charge in [0, 0.05) is 19.1 Å². The van der Waals surface area contributed by atoms with E-state index in [1.807, 2.05) is 32.9 Å². The molecule has 0 aliphatic carbocycles. The van der Waals surface area contributed by atoms with E-state index in [1.165, 1.54) is 0 Å². The smallest absolute Gasteiger partial charge is 0.260 e. The lowest BCUT2D eigenvalue weighted by atomic mass is 10.1. The summed E-state index contributed by atoms with van der Waals surface area (Å²) in [5.41, 5.74) is 6.81. The van der Waals surface area contributed by atoms with Crippen molar-refractivity contribution in [2.45, 2.75) is 39.3 Å². The fourth-order valence-corrected chi connectivity index (χ4v) is 1.95. The number of nitrogens with two attached hydrogens (primary N) is 1. The van der Waals surface area contributed by atoms with Gasteiger partial charge in [-0.05, 0) is 44.9 Å². The molecule has 0 saturated carbocycles. The third kappa shape index (κ3) is 5.02. The number of carbonyl (C=O) groups is 1. The number of rotatable bonds is 6. The summed E-state index contributed by atoms with van der Waals surface area (Å²) in [7, 11) is 1.75. The topological polar surface area (TPSA) is 55.6 Å². The van der Waals surface area contributed by atoms with Crippen LogP contribution in [0.2, 0.25) is 5.02 Å². The van der Waals surface area contributed by atoms with Gasteiger partial charge in [0.15, 0.2) is 6.61 Å². The summed E-state index contributed by atoms with van der Waals surface area (Å²) in [6.07, 6.45) is 0.759. The monoisotopic (exact) mass is 298 g/mol. The van der Waals surface area contributed by atoms with Crippen LogP contribution >= 0.6 is 11.6 Å². The van der Waals surface area contributed by atoms with Gasteiger partial charge >= 0.3 is 0 Å². The zero-order chi connectivity index (χ0) is 15.3. The Kier molecular flexibility index (Phi) is 6.30. The minimum Gasteiger partial charge on any atom is -0.482 e. The molecule has 20 heavy (non-hydrogen) atoms. The van der Waals surface area contributed by atoms with Gasteiger partial charge in [0.05, 0.1) is 5.02 Å². The number of amides is 1. The van der Waals surface area contributed by atoms with Gasteiger partial charge in [0.2, 0.25) is 0 Å². The van der Waals surface area contributed by atoms with Crippen molar-refractivity contribution in [3.63, 3.8) is 0 Å². The van der Waals surface area contributed by atoms with E-state index < -0.39 is 0 Å². The van der Waals surface area contributed by atoms with Gasteiger partial charge in [0.25, 0.3) is 5.91 Å². The molecule has 1 amide bonds. The third-order valence-electron chi connectivity index (χ3n) is 3.07. The van der Waals surface area contributed by atoms with Crippen LogP contribution in [0.1, 0.15) is 26.3 Å². The number of hydrogen-bond donors (Lipinski definition) is 1. The Hall–Kier alpha value is -1.26. The van der Waals surface area contributed by atoms with Gasteiger partial charge < -0.3 is 15.4 Å². The molecule has 1 aromatic rings. The van der Waals surface area contributed by atoms with E-state index in [4.69, 9.17) is 22.1 Å². The normalized spacial score (nSPS) is 12.3. The van der Waals surface area contributed by atoms with Crippen molar-refractivity contribution in [2.24, 2.45) is 5.73 Å². The highest BCUT2D eigenvalue weighted by Gasteiger charge is 2.13. The lowest BCUT2D eigenvalue weighted by Crippen LogP contribution is -2.36. The van der Waals surface area contributed by atoms with E-state index >= 15 is 0 Å². The molecule has 0 aliphatic rings. The van der Waals surface area contributed by atoms with E-state index in [9.17, 15) is 4.79 Å². The Morgan fingerprint density at radius 3 is 2.55 bits per heavy atom. The summed E-state index contributed by atoms with van der Waals surface area (Å²) >= 11 is 6.15. The predicted molar refractivity (Wildman–Crippen MR) is 82.2 cm³/mol. The molecule has 4 nitrogen and oxygen atoms in total. The maximum atomic E-state index is 11.8. The Labute approximate surface area is 125 Å². The van der Waals surface area contributed by atoms with E-state index in [0.29, 0.717) is 10.8 Å². The van der Waals surface area contributed by atoms with Crippen molar-refractivity contribution in [2.75, 3.05) is 13.7 Å². The van der Waals surface area contributed by atoms with E-state index in [-0.39, 0.29) is 24.6 Å². The van der Waals surface area contributed by atoms with Gasteiger partial charge in [-0.25, -0.2) is 0 Å². The average Bonchev–Trinajstić information content (AvgIpc) is 2.35. The van der Waals surface area contributed by atoms with Crippen LogP contribution in [0.3, 0.4) is 0 Å². The van der Waals surface area contributed by atoms with Gasteiger partial charge in [0.1, 0.15) is 5.75 Å². The summed E-state index contributed by atoms with van der Waals surface area (Å²) in [5.74, 6) is 0.446. The van der Waals surface area contributed by atoms with Crippen LogP contribution in [-0.2, 0) is 11.2 Å². The average molecular weight is 299 g/mol. The predicted octanol–water partition coefficient (Wildman–Crippen LogP) is 2.48. The first-order chi connectivity index (χ1) is 9.31. The summed E-state index contributed by atoms with van der Waals surface area (Å²) < 4.78 is 5.48. The first-order valence-electron chi connectivity index (χ1n) is 6.73. The highest BCUT2D eigenvalue weighted by Crippen LogP contribution is 2.26. The maximum absolute atomic E-state index is 11.8. The lowest BCUT2D eigenvalue weighted by molar-refractivity contribution is -0.133. The molecule has 2 N–H and O–H groups in total. The number of carbonyl (C=O) groups excluding carboxylic acids is 1. The standard InChI is InChI=1S/C15H23ClN2O2/c1-10(2)18(4)15(19)9-20-14-6-5-12(7-11(3)17)8-13(14)16/h5-6,8,10-11H,7,9,17H2,1-4H3. The second-order valence-electron chi connectivity index (χ2n) is 5.33. The van der Waals surface area contributed by atoms with Gasteiger partial charge in [-0.2, -0.15) is 0 Å². The molecule has 0 spiro atoms.